The van der Waals surface area contributed by atoms with E-state index >= 15 is 0 Å². The number of rotatable bonds is 2. The molecule has 1 unspecified atom stereocenters. The van der Waals surface area contributed by atoms with Crippen molar-refractivity contribution in [2.75, 3.05) is 18.8 Å². The summed E-state index contributed by atoms with van der Waals surface area (Å²) < 4.78 is 24.2. The third-order valence-electron chi connectivity index (χ3n) is 2.99. The van der Waals surface area contributed by atoms with Crippen LogP contribution in [-0.4, -0.2) is 35.8 Å². The van der Waals surface area contributed by atoms with Gasteiger partial charge in [0.1, 0.15) is 23.3 Å². The van der Waals surface area contributed by atoms with Crippen molar-refractivity contribution >= 4 is 11.8 Å². The molecule has 1 saturated heterocycles. The highest BCUT2D eigenvalue weighted by Gasteiger charge is 2.30. The number of carbonyl (C=O) groups excluding carboxylic acids is 1. The van der Waals surface area contributed by atoms with Crippen molar-refractivity contribution in [2.24, 2.45) is 0 Å². The number of benzene rings is 1. The van der Waals surface area contributed by atoms with Gasteiger partial charge in [-0.05, 0) is 26.8 Å². The smallest absolute Gasteiger partial charge is 0.410 e. The van der Waals surface area contributed by atoms with Crippen LogP contribution in [0.5, 0.6) is 5.75 Å². The number of carbonyl (C=O) groups is 1. The summed E-state index contributed by atoms with van der Waals surface area (Å²) in [5.41, 5.74) is 5.37. The molecule has 0 radical (unpaired) electrons. The minimum atomic E-state index is -0.521. The Hall–Kier alpha value is -1.98. The van der Waals surface area contributed by atoms with Gasteiger partial charge in [0.2, 0.25) is 0 Å². The fourth-order valence-corrected chi connectivity index (χ4v) is 2.16. The Labute approximate surface area is 123 Å². The highest BCUT2D eigenvalue weighted by atomic mass is 19.1. The number of nitrogen functional groups attached to an aromatic ring is 1. The predicted molar refractivity (Wildman–Crippen MR) is 77.7 cm³/mol. The molecule has 0 aromatic heterocycles. The SMILES string of the molecule is CC(C)(C)OC(=O)N1CCC(Oc2cc(N)cc(F)c2)C1. The summed E-state index contributed by atoms with van der Waals surface area (Å²) in [4.78, 5) is 13.5. The molecule has 6 heteroatoms. The lowest BCUT2D eigenvalue weighted by Gasteiger charge is -2.24. The summed E-state index contributed by atoms with van der Waals surface area (Å²) in [5, 5.41) is 0. The summed E-state index contributed by atoms with van der Waals surface area (Å²) >= 11 is 0. The monoisotopic (exact) mass is 296 g/mol. The Morgan fingerprint density at radius 1 is 1.38 bits per heavy atom. The predicted octanol–water partition coefficient (Wildman–Crippen LogP) is 2.80. The number of halogens is 1. The molecule has 1 aliphatic heterocycles. The zero-order chi connectivity index (χ0) is 15.6. The van der Waals surface area contributed by atoms with Crippen molar-refractivity contribution in [3.05, 3.63) is 24.0 Å². The van der Waals surface area contributed by atoms with Gasteiger partial charge in [-0.1, -0.05) is 0 Å². The van der Waals surface area contributed by atoms with E-state index in [0.29, 0.717) is 30.9 Å². The van der Waals surface area contributed by atoms with E-state index in [0.717, 1.165) is 0 Å². The van der Waals surface area contributed by atoms with Crippen LogP contribution < -0.4 is 10.5 Å². The van der Waals surface area contributed by atoms with Crippen molar-refractivity contribution in [1.82, 2.24) is 4.90 Å². The molecule has 1 aliphatic rings. The first-order valence-electron chi connectivity index (χ1n) is 6.93. The second-order valence-corrected chi connectivity index (χ2v) is 6.18. The number of nitrogens with zero attached hydrogens (tertiary/aromatic N) is 1. The fourth-order valence-electron chi connectivity index (χ4n) is 2.16. The number of hydrogen-bond acceptors (Lipinski definition) is 4. The molecule has 1 heterocycles. The zero-order valence-corrected chi connectivity index (χ0v) is 12.6. The Kier molecular flexibility index (Phi) is 4.25. The molecule has 0 aliphatic carbocycles. The summed E-state index contributed by atoms with van der Waals surface area (Å²) in [7, 11) is 0. The third-order valence-corrected chi connectivity index (χ3v) is 2.99. The van der Waals surface area contributed by atoms with Gasteiger partial charge in [-0.3, -0.25) is 0 Å². The molecule has 1 fully saturated rings. The van der Waals surface area contributed by atoms with Crippen molar-refractivity contribution in [1.29, 1.82) is 0 Å². The topological polar surface area (TPSA) is 64.8 Å². The molecule has 2 N–H and O–H groups in total. The van der Waals surface area contributed by atoms with Gasteiger partial charge < -0.3 is 20.1 Å². The van der Waals surface area contributed by atoms with E-state index in [1.807, 2.05) is 20.8 Å². The highest BCUT2D eigenvalue weighted by molar-refractivity contribution is 5.68. The van der Waals surface area contributed by atoms with Gasteiger partial charge in [-0.2, -0.15) is 0 Å². The number of hydrogen-bond donors (Lipinski definition) is 1. The van der Waals surface area contributed by atoms with E-state index in [1.54, 1.807) is 11.0 Å². The lowest BCUT2D eigenvalue weighted by atomic mass is 10.2. The van der Waals surface area contributed by atoms with Crippen molar-refractivity contribution in [3.8, 4) is 5.75 Å². The zero-order valence-electron chi connectivity index (χ0n) is 12.6. The molecular weight excluding hydrogens is 275 g/mol. The number of nitrogens with two attached hydrogens (primary N) is 1. The van der Waals surface area contributed by atoms with Gasteiger partial charge >= 0.3 is 6.09 Å². The average Bonchev–Trinajstić information content (AvgIpc) is 2.73. The summed E-state index contributed by atoms with van der Waals surface area (Å²) in [6, 6.07) is 4.08. The van der Waals surface area contributed by atoms with Crippen molar-refractivity contribution in [3.63, 3.8) is 0 Å². The molecule has 1 aromatic rings. The molecule has 0 spiro atoms. The summed E-state index contributed by atoms with van der Waals surface area (Å²) in [6.45, 7) is 6.45. The number of anilines is 1. The molecule has 21 heavy (non-hydrogen) atoms. The van der Waals surface area contributed by atoms with E-state index in [-0.39, 0.29) is 12.2 Å². The molecule has 116 valence electrons. The van der Waals surface area contributed by atoms with Crippen LogP contribution in [0.4, 0.5) is 14.9 Å². The summed E-state index contributed by atoms with van der Waals surface area (Å²) in [5.74, 6) is -0.0597. The van der Waals surface area contributed by atoms with Gasteiger partial charge in [0.25, 0.3) is 0 Å². The lowest BCUT2D eigenvalue weighted by Crippen LogP contribution is -2.36. The van der Waals surface area contributed by atoms with Crippen LogP contribution >= 0.6 is 0 Å². The van der Waals surface area contributed by atoms with E-state index in [2.05, 4.69) is 0 Å². The quantitative estimate of drug-likeness (QED) is 0.852. The van der Waals surface area contributed by atoms with Crippen LogP contribution in [0.25, 0.3) is 0 Å². The van der Waals surface area contributed by atoms with Gasteiger partial charge in [-0.25, -0.2) is 9.18 Å². The minimum absolute atomic E-state index is 0.182. The first-order chi connectivity index (χ1) is 9.73. The van der Waals surface area contributed by atoms with Gasteiger partial charge in [0.15, 0.2) is 0 Å². The van der Waals surface area contributed by atoms with E-state index < -0.39 is 11.4 Å². The van der Waals surface area contributed by atoms with E-state index in [4.69, 9.17) is 15.2 Å². The molecule has 0 saturated carbocycles. The minimum Gasteiger partial charge on any atom is -0.488 e. The Bertz CT molecular complexity index is 508. The standard InChI is InChI=1S/C15H21FN2O3/c1-15(2,3)21-14(19)18-5-4-12(9-18)20-13-7-10(16)6-11(17)8-13/h6-8,12H,4-5,9,17H2,1-3H3. The van der Waals surface area contributed by atoms with E-state index in [9.17, 15) is 9.18 Å². The molecular formula is C15H21FN2O3. The molecule has 0 bridgehead atoms. The Morgan fingerprint density at radius 2 is 2.10 bits per heavy atom. The molecule has 1 atom stereocenters. The third kappa shape index (κ3) is 4.51. The van der Waals surface area contributed by atoms with Gasteiger partial charge in [-0.15, -0.1) is 0 Å². The second kappa shape index (κ2) is 5.79. The van der Waals surface area contributed by atoms with Crippen LogP contribution in [0.1, 0.15) is 27.2 Å². The van der Waals surface area contributed by atoms with Crippen molar-refractivity contribution < 1.29 is 18.7 Å². The highest BCUT2D eigenvalue weighted by Crippen LogP contribution is 2.23. The van der Waals surface area contributed by atoms with Crippen LogP contribution in [0.3, 0.4) is 0 Å². The maximum Gasteiger partial charge on any atom is 0.410 e. The Morgan fingerprint density at radius 3 is 2.71 bits per heavy atom. The number of likely N-dealkylation sites (tertiary alicyclic amines) is 1. The maximum atomic E-state index is 13.2. The van der Waals surface area contributed by atoms with Gasteiger partial charge in [0.05, 0.1) is 6.54 Å². The molecule has 1 aromatic carbocycles. The second-order valence-electron chi connectivity index (χ2n) is 6.18. The van der Waals surface area contributed by atoms with Crippen LogP contribution in [-0.2, 0) is 4.74 Å². The lowest BCUT2D eigenvalue weighted by molar-refractivity contribution is 0.0275. The van der Waals surface area contributed by atoms with Gasteiger partial charge in [0, 0.05) is 30.8 Å². The molecule has 5 nitrogen and oxygen atoms in total. The largest absolute Gasteiger partial charge is 0.488 e. The molecule has 2 rings (SSSR count). The first-order valence-corrected chi connectivity index (χ1v) is 6.93. The van der Waals surface area contributed by atoms with Crippen LogP contribution in [0, 0.1) is 5.82 Å². The normalized spacial score (nSPS) is 18.7. The van der Waals surface area contributed by atoms with E-state index in [1.165, 1.54) is 12.1 Å². The number of amides is 1. The summed E-state index contributed by atoms with van der Waals surface area (Å²) in [6.07, 6.45) is 0.140. The molecule has 1 amide bonds. The van der Waals surface area contributed by atoms with Crippen LogP contribution in [0.15, 0.2) is 18.2 Å². The maximum absolute atomic E-state index is 13.2. The van der Waals surface area contributed by atoms with Crippen LogP contribution in [0.2, 0.25) is 0 Å². The first kappa shape index (κ1) is 15.4. The Balaban J connectivity index is 1.92. The average molecular weight is 296 g/mol. The fraction of sp³-hybridized carbons (Fsp3) is 0.533. The number of ether oxygens (including phenoxy) is 2. The van der Waals surface area contributed by atoms with Crippen molar-refractivity contribution in [2.45, 2.75) is 38.9 Å².